The predicted molar refractivity (Wildman–Crippen MR) is 90.8 cm³/mol. The van der Waals surface area contributed by atoms with Gasteiger partial charge >= 0.3 is 0 Å². The maximum atomic E-state index is 12.5. The van der Waals surface area contributed by atoms with Gasteiger partial charge in [0.05, 0.1) is 24.2 Å². The third-order valence-electron chi connectivity index (χ3n) is 2.47. The summed E-state index contributed by atoms with van der Waals surface area (Å²) in [5.41, 5.74) is 0.898. The number of hydrogen-bond donors (Lipinski definition) is 0. The number of hydrogen-bond acceptors (Lipinski definition) is 3. The molecule has 0 amide bonds. The number of ether oxygens (including phenoxy) is 1. The van der Waals surface area contributed by atoms with Crippen molar-refractivity contribution in [3.8, 4) is 5.75 Å². The monoisotopic (exact) mass is 456 g/mol. The molecule has 0 radical (unpaired) electrons. The Hall–Kier alpha value is -0.0700. The maximum Gasteiger partial charge on any atom is 0.196 e. The third-order valence-corrected chi connectivity index (χ3v) is 5.41. The first-order valence-electron chi connectivity index (χ1n) is 5.55. The topological polar surface area (TPSA) is 26.3 Å². The van der Waals surface area contributed by atoms with E-state index >= 15 is 0 Å². The highest BCUT2D eigenvalue weighted by atomic mass is 79.9. The van der Waals surface area contributed by atoms with E-state index in [2.05, 4.69) is 31.9 Å². The molecule has 0 saturated heterocycles. The lowest BCUT2D eigenvalue weighted by Crippen LogP contribution is -2.03. The summed E-state index contributed by atoms with van der Waals surface area (Å²) in [5, 5.41) is 0.682. The Morgan fingerprint density at radius 1 is 1.20 bits per heavy atom. The van der Waals surface area contributed by atoms with Crippen LogP contribution in [0.25, 0.3) is 0 Å². The average molecular weight is 459 g/mol. The number of benzene rings is 1. The van der Waals surface area contributed by atoms with Gasteiger partial charge in [0.1, 0.15) is 5.75 Å². The van der Waals surface area contributed by atoms with E-state index in [1.165, 1.54) is 17.4 Å². The molecule has 0 unspecified atom stereocenters. The number of halogens is 4. The van der Waals surface area contributed by atoms with Crippen molar-refractivity contribution in [3.05, 3.63) is 46.9 Å². The van der Waals surface area contributed by atoms with Gasteiger partial charge in [-0.15, -0.1) is 11.3 Å². The zero-order valence-corrected chi connectivity index (χ0v) is 15.7. The Bertz CT molecular complexity index is 671. The minimum Gasteiger partial charge on any atom is -0.492 e. The van der Waals surface area contributed by atoms with E-state index in [9.17, 15) is 4.79 Å². The second kappa shape index (κ2) is 6.79. The Balaban J connectivity index is 2.45. The molecule has 0 N–H and O–H groups in total. The Morgan fingerprint density at radius 2 is 1.90 bits per heavy atom. The van der Waals surface area contributed by atoms with E-state index in [0.717, 1.165) is 7.57 Å². The first kappa shape index (κ1) is 16.3. The fraction of sp³-hybridized carbons (Fsp3) is 0.154. The Labute approximate surface area is 147 Å². The number of thiophene rings is 1. The van der Waals surface area contributed by atoms with E-state index in [0.29, 0.717) is 33.5 Å². The zero-order chi connectivity index (χ0) is 14.9. The van der Waals surface area contributed by atoms with Crippen molar-refractivity contribution in [2.24, 2.45) is 0 Å². The second-order valence-electron chi connectivity index (χ2n) is 3.76. The molecule has 0 saturated carbocycles. The average Bonchev–Trinajstić information content (AvgIpc) is 2.72. The van der Waals surface area contributed by atoms with E-state index in [1.54, 1.807) is 12.1 Å². The van der Waals surface area contributed by atoms with Gasteiger partial charge < -0.3 is 4.74 Å². The smallest absolute Gasteiger partial charge is 0.196 e. The van der Waals surface area contributed by atoms with Gasteiger partial charge in [0.2, 0.25) is 0 Å². The van der Waals surface area contributed by atoms with Gasteiger partial charge in [0.25, 0.3) is 0 Å². The van der Waals surface area contributed by atoms with Crippen molar-refractivity contribution in [2.75, 3.05) is 6.61 Å². The van der Waals surface area contributed by atoms with E-state index in [1.807, 2.05) is 6.92 Å². The summed E-state index contributed by atoms with van der Waals surface area (Å²) in [6, 6.07) is 4.85. The zero-order valence-electron chi connectivity index (χ0n) is 10.2. The summed E-state index contributed by atoms with van der Waals surface area (Å²) in [6.45, 7) is 2.33. The van der Waals surface area contributed by atoms with Gasteiger partial charge in [-0.2, -0.15) is 0 Å². The van der Waals surface area contributed by atoms with Crippen LogP contribution in [0, 0.1) is 0 Å². The lowest BCUT2D eigenvalue weighted by atomic mass is 10.1. The van der Waals surface area contributed by atoms with Crippen LogP contribution in [0.3, 0.4) is 0 Å². The molecule has 1 heterocycles. The molecular weight excluding hydrogens is 451 g/mol. The molecule has 0 aliphatic rings. The molecule has 2 aromatic rings. The summed E-state index contributed by atoms with van der Waals surface area (Å²) in [6.07, 6.45) is 0. The third kappa shape index (κ3) is 3.39. The van der Waals surface area contributed by atoms with Crippen molar-refractivity contribution < 1.29 is 9.53 Å². The van der Waals surface area contributed by atoms with Crippen LogP contribution in [0.15, 0.2) is 25.8 Å². The highest BCUT2D eigenvalue weighted by Gasteiger charge is 2.20. The van der Waals surface area contributed by atoms with Crippen LogP contribution >= 0.6 is 66.4 Å². The summed E-state index contributed by atoms with van der Waals surface area (Å²) in [5.74, 6) is 0.287. The van der Waals surface area contributed by atoms with E-state index in [-0.39, 0.29) is 5.78 Å². The van der Waals surface area contributed by atoms with Crippen molar-refractivity contribution in [1.82, 2.24) is 0 Å². The van der Waals surface area contributed by atoms with Crippen molar-refractivity contribution in [1.29, 1.82) is 0 Å². The predicted octanol–water partition coefficient (Wildman–Crippen LogP) is 6.21. The van der Waals surface area contributed by atoms with Gasteiger partial charge in [-0.1, -0.05) is 23.2 Å². The number of carbonyl (C=O) groups is 1. The largest absolute Gasteiger partial charge is 0.492 e. The van der Waals surface area contributed by atoms with Gasteiger partial charge in [0, 0.05) is 17.2 Å². The summed E-state index contributed by atoms with van der Waals surface area (Å²) >= 11 is 20.4. The summed E-state index contributed by atoms with van der Waals surface area (Å²) in [4.78, 5) is 12.5. The molecule has 0 aliphatic carbocycles. The minimum absolute atomic E-state index is 0.186. The fourth-order valence-electron chi connectivity index (χ4n) is 1.61. The normalized spacial score (nSPS) is 10.7. The van der Waals surface area contributed by atoms with Crippen LogP contribution in [0.1, 0.15) is 22.8 Å². The highest BCUT2D eigenvalue weighted by molar-refractivity contribution is 9.12. The molecule has 20 heavy (non-hydrogen) atoms. The van der Waals surface area contributed by atoms with Crippen LogP contribution in [-0.2, 0) is 0 Å². The lowest BCUT2D eigenvalue weighted by Gasteiger charge is -2.09. The molecule has 2 nitrogen and oxygen atoms in total. The number of ketones is 1. The van der Waals surface area contributed by atoms with Crippen LogP contribution in [0.5, 0.6) is 5.75 Å². The summed E-state index contributed by atoms with van der Waals surface area (Å²) < 4.78 is 6.95. The molecule has 0 aliphatic heterocycles. The standard InChI is InChI=1S/C13H8Br2Cl2O2S/c1-2-19-10-5-8(16)6(3-9(10)17)12(18)7-4-11(14)20-13(7)15/h3-5H,2H2,1H3. The molecule has 1 aromatic heterocycles. The summed E-state index contributed by atoms with van der Waals surface area (Å²) in [7, 11) is 0. The minimum atomic E-state index is -0.186. The first-order valence-corrected chi connectivity index (χ1v) is 8.71. The molecule has 0 fully saturated rings. The van der Waals surface area contributed by atoms with Crippen molar-refractivity contribution in [3.63, 3.8) is 0 Å². The van der Waals surface area contributed by atoms with Crippen LogP contribution in [0.2, 0.25) is 10.0 Å². The quantitative estimate of drug-likeness (QED) is 0.509. The maximum absolute atomic E-state index is 12.5. The molecule has 2 rings (SSSR count). The van der Waals surface area contributed by atoms with Gasteiger partial charge in [-0.3, -0.25) is 4.79 Å². The number of rotatable bonds is 4. The van der Waals surface area contributed by atoms with E-state index < -0.39 is 0 Å². The molecular formula is C13H8Br2Cl2O2S. The SMILES string of the molecule is CCOc1cc(Cl)c(C(=O)c2cc(Br)sc2Br)cc1Cl. The van der Waals surface area contributed by atoms with Crippen LogP contribution < -0.4 is 4.74 Å². The van der Waals surface area contributed by atoms with E-state index in [4.69, 9.17) is 27.9 Å². The van der Waals surface area contributed by atoms with Crippen LogP contribution in [0.4, 0.5) is 0 Å². The second-order valence-corrected chi connectivity index (χ2v) is 8.33. The molecule has 106 valence electrons. The van der Waals surface area contributed by atoms with Crippen molar-refractivity contribution >= 4 is 72.2 Å². The van der Waals surface area contributed by atoms with Crippen LogP contribution in [-0.4, -0.2) is 12.4 Å². The van der Waals surface area contributed by atoms with Gasteiger partial charge in [-0.05, 0) is 50.9 Å². The Kier molecular flexibility index (Phi) is 5.54. The Morgan fingerprint density at radius 3 is 2.45 bits per heavy atom. The first-order chi connectivity index (χ1) is 9.43. The number of carbonyl (C=O) groups excluding carboxylic acids is 1. The van der Waals surface area contributed by atoms with Gasteiger partial charge in [-0.25, -0.2) is 0 Å². The molecule has 0 bridgehead atoms. The van der Waals surface area contributed by atoms with Crippen molar-refractivity contribution in [2.45, 2.75) is 6.92 Å². The highest BCUT2D eigenvalue weighted by Crippen LogP contribution is 2.36. The van der Waals surface area contributed by atoms with Gasteiger partial charge in [0.15, 0.2) is 5.78 Å². The molecule has 1 aromatic carbocycles. The molecule has 0 atom stereocenters. The fourth-order valence-corrected chi connectivity index (χ4v) is 4.86. The molecule has 0 spiro atoms. The molecule has 7 heteroatoms. The lowest BCUT2D eigenvalue weighted by molar-refractivity contribution is 0.103.